The van der Waals surface area contributed by atoms with Crippen LogP contribution in [0.15, 0.2) is 72.8 Å². The molecule has 160 valence electrons. The number of fused-ring (bicyclic) bond motifs is 1. The number of benzene rings is 3. The van der Waals surface area contributed by atoms with Gasteiger partial charge < -0.3 is 9.80 Å². The van der Waals surface area contributed by atoms with Gasteiger partial charge in [0.25, 0.3) is 0 Å². The summed E-state index contributed by atoms with van der Waals surface area (Å²) in [6.45, 7) is 0. The van der Waals surface area contributed by atoms with Crippen molar-refractivity contribution < 1.29 is 0 Å². The van der Waals surface area contributed by atoms with Crippen LogP contribution in [0.25, 0.3) is 35.2 Å². The fourth-order valence-corrected chi connectivity index (χ4v) is 3.43. The molecule has 0 saturated heterocycles. The normalized spacial score (nSPS) is 11.5. The van der Waals surface area contributed by atoms with E-state index in [4.69, 9.17) is 9.97 Å². The molecule has 0 saturated carbocycles. The average Bonchev–Trinajstić information content (AvgIpc) is 2.81. The van der Waals surface area contributed by atoms with Gasteiger partial charge in [-0.25, -0.2) is 9.97 Å². The molecule has 1 aromatic heterocycles. The molecule has 0 atom stereocenters. The first-order valence-electron chi connectivity index (χ1n) is 10.7. The lowest BCUT2D eigenvalue weighted by atomic mass is 10.1. The number of nitrogens with zero attached hydrogens (tertiary/aromatic N) is 4. The maximum Gasteiger partial charge on any atom is 0.153 e. The minimum absolute atomic E-state index is 0.697. The van der Waals surface area contributed by atoms with E-state index in [0.717, 1.165) is 27.7 Å². The third-order valence-electron chi connectivity index (χ3n) is 5.33. The lowest BCUT2D eigenvalue weighted by Gasteiger charge is -2.11. The van der Waals surface area contributed by atoms with Crippen molar-refractivity contribution in [2.75, 3.05) is 38.0 Å². The van der Waals surface area contributed by atoms with E-state index in [2.05, 4.69) is 82.6 Å². The van der Waals surface area contributed by atoms with Crippen LogP contribution in [0.3, 0.4) is 0 Å². The van der Waals surface area contributed by atoms with Gasteiger partial charge in [0.1, 0.15) is 0 Å². The monoisotopic (exact) mass is 420 g/mol. The van der Waals surface area contributed by atoms with Crippen LogP contribution in [0, 0.1) is 0 Å². The van der Waals surface area contributed by atoms with Gasteiger partial charge in [-0.1, -0.05) is 54.6 Å². The van der Waals surface area contributed by atoms with Crippen molar-refractivity contribution in [1.82, 2.24) is 9.97 Å². The number of hydrogen-bond acceptors (Lipinski definition) is 4. The average molecular weight is 421 g/mol. The number of aromatic nitrogens is 2. The highest BCUT2D eigenvalue weighted by atomic mass is 15.1. The molecule has 0 fully saturated rings. The Bertz CT molecular complexity index is 1250. The van der Waals surface area contributed by atoms with E-state index in [0.29, 0.717) is 5.82 Å². The van der Waals surface area contributed by atoms with Crippen molar-refractivity contribution >= 4 is 46.6 Å². The first kappa shape index (κ1) is 21.3. The smallest absolute Gasteiger partial charge is 0.153 e. The van der Waals surface area contributed by atoms with Crippen molar-refractivity contribution in [1.29, 1.82) is 0 Å². The van der Waals surface area contributed by atoms with Gasteiger partial charge in [0.05, 0.1) is 11.2 Å². The molecule has 0 spiro atoms. The molecule has 4 heteroatoms. The van der Waals surface area contributed by atoms with Crippen LogP contribution in [-0.4, -0.2) is 38.2 Å². The highest BCUT2D eigenvalue weighted by Gasteiger charge is 2.04. The van der Waals surface area contributed by atoms with Crippen LogP contribution >= 0.6 is 0 Å². The Labute approximate surface area is 190 Å². The fraction of sp³-hybridized carbons (Fsp3) is 0.143. The second kappa shape index (κ2) is 9.48. The summed E-state index contributed by atoms with van der Waals surface area (Å²) in [5.74, 6) is 0.697. The Kier molecular flexibility index (Phi) is 6.31. The Morgan fingerprint density at radius 3 is 1.66 bits per heavy atom. The number of rotatable bonds is 6. The Hall–Kier alpha value is -3.92. The lowest BCUT2D eigenvalue weighted by molar-refractivity contribution is 1.13. The molecule has 32 heavy (non-hydrogen) atoms. The summed E-state index contributed by atoms with van der Waals surface area (Å²) in [5, 5.41) is 1.04. The van der Waals surface area contributed by atoms with Crippen LogP contribution in [-0.2, 0) is 0 Å². The summed E-state index contributed by atoms with van der Waals surface area (Å²) < 4.78 is 0. The topological polar surface area (TPSA) is 32.3 Å². The molecular formula is C28H28N4. The minimum atomic E-state index is 0.697. The molecule has 4 nitrogen and oxygen atoms in total. The molecule has 0 aliphatic rings. The van der Waals surface area contributed by atoms with Crippen LogP contribution < -0.4 is 9.80 Å². The van der Waals surface area contributed by atoms with Crippen molar-refractivity contribution in [2.45, 2.75) is 0 Å². The van der Waals surface area contributed by atoms with E-state index in [-0.39, 0.29) is 0 Å². The summed E-state index contributed by atoms with van der Waals surface area (Å²) in [6, 6.07) is 25.0. The molecule has 0 radical (unpaired) electrons. The van der Waals surface area contributed by atoms with Crippen LogP contribution in [0.1, 0.15) is 22.6 Å². The third kappa shape index (κ3) is 5.03. The zero-order chi connectivity index (χ0) is 22.5. The second-order valence-corrected chi connectivity index (χ2v) is 8.12. The minimum Gasteiger partial charge on any atom is -0.378 e. The SMILES string of the molecule is CN(C)c1ccc(/C=C/c2nc(/C=C/c3ccc(N(C)C)cc3)c3ccccc3n2)cc1. The number of para-hydroxylation sites is 1. The first-order valence-corrected chi connectivity index (χ1v) is 10.7. The van der Waals surface area contributed by atoms with Gasteiger partial charge in [-0.3, -0.25) is 0 Å². The maximum atomic E-state index is 4.82. The van der Waals surface area contributed by atoms with Crippen molar-refractivity contribution in [3.63, 3.8) is 0 Å². The van der Waals surface area contributed by atoms with E-state index in [1.54, 1.807) is 0 Å². The van der Waals surface area contributed by atoms with E-state index >= 15 is 0 Å². The predicted molar refractivity (Wildman–Crippen MR) is 139 cm³/mol. The highest BCUT2D eigenvalue weighted by molar-refractivity contribution is 5.89. The van der Waals surface area contributed by atoms with Crippen LogP contribution in [0.4, 0.5) is 11.4 Å². The second-order valence-electron chi connectivity index (χ2n) is 8.12. The number of anilines is 2. The standard InChI is InChI=1S/C28H28N4/c1-31(2)23-15-9-21(10-16-23)13-19-27-25-7-5-6-8-26(25)29-28(30-27)20-14-22-11-17-24(18-12-22)32(3)4/h5-20H,1-4H3/b19-13+,20-14+. The predicted octanol–water partition coefficient (Wildman–Crippen LogP) is 6.10. The summed E-state index contributed by atoms with van der Waals surface area (Å²) in [5.41, 5.74) is 6.46. The molecule has 0 unspecified atom stereocenters. The van der Waals surface area contributed by atoms with E-state index in [1.165, 1.54) is 11.4 Å². The molecule has 0 N–H and O–H groups in total. The Morgan fingerprint density at radius 2 is 1.09 bits per heavy atom. The molecule has 0 amide bonds. The summed E-state index contributed by atoms with van der Waals surface area (Å²) in [6.07, 6.45) is 8.19. The van der Waals surface area contributed by atoms with Gasteiger partial charge in [0.15, 0.2) is 5.82 Å². The van der Waals surface area contributed by atoms with Crippen molar-refractivity contribution in [3.05, 3.63) is 95.4 Å². The van der Waals surface area contributed by atoms with E-state index < -0.39 is 0 Å². The summed E-state index contributed by atoms with van der Waals surface area (Å²) >= 11 is 0. The quantitative estimate of drug-likeness (QED) is 0.377. The van der Waals surface area contributed by atoms with Gasteiger partial charge in [0.2, 0.25) is 0 Å². The fourth-order valence-electron chi connectivity index (χ4n) is 3.43. The molecule has 0 aliphatic heterocycles. The Balaban J connectivity index is 1.63. The summed E-state index contributed by atoms with van der Waals surface area (Å²) in [4.78, 5) is 13.7. The van der Waals surface area contributed by atoms with Crippen LogP contribution in [0.5, 0.6) is 0 Å². The molecule has 0 aliphatic carbocycles. The molecule has 0 bridgehead atoms. The highest BCUT2D eigenvalue weighted by Crippen LogP contribution is 2.20. The zero-order valence-corrected chi connectivity index (χ0v) is 19.0. The molecule has 1 heterocycles. The number of hydrogen-bond donors (Lipinski definition) is 0. The van der Waals surface area contributed by atoms with Gasteiger partial charge >= 0.3 is 0 Å². The zero-order valence-electron chi connectivity index (χ0n) is 19.0. The van der Waals surface area contributed by atoms with E-state index in [1.807, 2.05) is 52.5 Å². The van der Waals surface area contributed by atoms with Gasteiger partial charge in [-0.2, -0.15) is 0 Å². The first-order chi connectivity index (χ1) is 15.5. The molecule has 3 aromatic carbocycles. The van der Waals surface area contributed by atoms with Gasteiger partial charge in [-0.15, -0.1) is 0 Å². The third-order valence-corrected chi connectivity index (χ3v) is 5.33. The Morgan fingerprint density at radius 1 is 0.562 bits per heavy atom. The lowest BCUT2D eigenvalue weighted by Crippen LogP contribution is -2.07. The molecule has 4 aromatic rings. The summed E-state index contributed by atoms with van der Waals surface area (Å²) in [7, 11) is 8.17. The molecular weight excluding hydrogens is 392 g/mol. The van der Waals surface area contributed by atoms with Gasteiger partial charge in [0, 0.05) is 45.0 Å². The maximum absolute atomic E-state index is 4.82. The van der Waals surface area contributed by atoms with Crippen LogP contribution in [0.2, 0.25) is 0 Å². The van der Waals surface area contributed by atoms with Crippen molar-refractivity contribution in [2.24, 2.45) is 0 Å². The van der Waals surface area contributed by atoms with E-state index in [9.17, 15) is 0 Å². The molecule has 4 rings (SSSR count). The van der Waals surface area contributed by atoms with Crippen molar-refractivity contribution in [3.8, 4) is 0 Å². The van der Waals surface area contributed by atoms with Gasteiger partial charge in [-0.05, 0) is 53.6 Å². The largest absolute Gasteiger partial charge is 0.378 e.